The molecule has 160 valence electrons. The van der Waals surface area contributed by atoms with Crippen LogP contribution in [-0.2, 0) is 24.0 Å². The molecule has 12 nitrogen and oxygen atoms in total. The predicted molar refractivity (Wildman–Crippen MR) is 95.9 cm³/mol. The van der Waals surface area contributed by atoms with Gasteiger partial charge in [0.1, 0.15) is 12.1 Å². The van der Waals surface area contributed by atoms with E-state index in [1.807, 2.05) is 19.2 Å². The molecule has 0 saturated heterocycles. The summed E-state index contributed by atoms with van der Waals surface area (Å²) >= 11 is 0. The van der Waals surface area contributed by atoms with Crippen LogP contribution in [0.15, 0.2) is 0 Å². The number of aliphatic hydroxyl groups excluding tert-OH is 1. The lowest BCUT2D eigenvalue weighted by molar-refractivity contribution is -0.147. The molecule has 0 bridgehead atoms. The van der Waals surface area contributed by atoms with Gasteiger partial charge in [-0.25, -0.2) is 4.79 Å². The van der Waals surface area contributed by atoms with Crippen molar-refractivity contribution in [3.05, 3.63) is 0 Å². The number of aliphatic hydroxyl groups is 1. The van der Waals surface area contributed by atoms with E-state index in [4.69, 9.17) is 15.9 Å². The van der Waals surface area contributed by atoms with E-state index in [9.17, 15) is 29.1 Å². The third kappa shape index (κ3) is 9.83. The molecule has 0 spiro atoms. The third-order valence-electron chi connectivity index (χ3n) is 3.56. The van der Waals surface area contributed by atoms with E-state index >= 15 is 0 Å². The van der Waals surface area contributed by atoms with Crippen LogP contribution < -0.4 is 21.7 Å². The minimum atomic E-state index is -1.74. The summed E-state index contributed by atoms with van der Waals surface area (Å²) in [5.74, 6) is -5.33. The Morgan fingerprint density at radius 2 is 1.54 bits per heavy atom. The second kappa shape index (κ2) is 11.9. The van der Waals surface area contributed by atoms with Crippen LogP contribution >= 0.6 is 0 Å². The van der Waals surface area contributed by atoms with Gasteiger partial charge in [0.2, 0.25) is 17.7 Å². The molecule has 0 aromatic heterocycles. The van der Waals surface area contributed by atoms with Gasteiger partial charge in [-0.15, -0.1) is 0 Å². The summed E-state index contributed by atoms with van der Waals surface area (Å²) < 4.78 is 0. The number of carbonyl (C=O) groups excluding carboxylic acids is 3. The van der Waals surface area contributed by atoms with Gasteiger partial charge in [-0.2, -0.15) is 0 Å². The Hall–Kier alpha value is -2.73. The highest BCUT2D eigenvalue weighted by molar-refractivity contribution is 5.93. The van der Waals surface area contributed by atoms with Crippen LogP contribution in [-0.4, -0.2) is 75.8 Å². The monoisotopic (exact) mass is 404 g/mol. The highest BCUT2D eigenvalue weighted by Gasteiger charge is 2.30. The first-order valence-electron chi connectivity index (χ1n) is 8.60. The smallest absolute Gasteiger partial charge is 0.326 e. The van der Waals surface area contributed by atoms with Crippen molar-refractivity contribution in [2.45, 2.75) is 57.8 Å². The van der Waals surface area contributed by atoms with Gasteiger partial charge in [0.05, 0.1) is 25.1 Å². The van der Waals surface area contributed by atoms with Crippen LogP contribution in [0.4, 0.5) is 0 Å². The van der Waals surface area contributed by atoms with Crippen LogP contribution in [0.3, 0.4) is 0 Å². The van der Waals surface area contributed by atoms with Gasteiger partial charge >= 0.3 is 11.9 Å². The normalized spacial score (nSPS) is 15.1. The first-order valence-corrected chi connectivity index (χ1v) is 8.60. The van der Waals surface area contributed by atoms with E-state index in [1.165, 1.54) is 6.92 Å². The molecule has 0 aliphatic heterocycles. The highest BCUT2D eigenvalue weighted by Crippen LogP contribution is 2.02. The maximum absolute atomic E-state index is 12.1. The van der Waals surface area contributed by atoms with Crippen LogP contribution in [0.25, 0.3) is 0 Å². The number of carboxylic acids is 2. The molecule has 0 aromatic rings. The first-order chi connectivity index (χ1) is 12.8. The maximum atomic E-state index is 12.1. The number of carboxylic acid groups (broad SMARTS) is 2. The number of nitrogens with one attached hydrogen (secondary N) is 3. The number of nitrogens with two attached hydrogens (primary N) is 1. The van der Waals surface area contributed by atoms with E-state index in [0.717, 1.165) is 0 Å². The lowest BCUT2D eigenvalue weighted by Gasteiger charge is -2.23. The minimum Gasteiger partial charge on any atom is -0.481 e. The molecule has 4 atom stereocenters. The van der Waals surface area contributed by atoms with Crippen molar-refractivity contribution in [1.29, 1.82) is 0 Å². The molecule has 12 heteroatoms. The maximum Gasteiger partial charge on any atom is 0.326 e. The van der Waals surface area contributed by atoms with Crippen LogP contribution in [0.2, 0.25) is 0 Å². The Balaban J connectivity index is 4.81. The topological polar surface area (TPSA) is 208 Å². The fourth-order valence-corrected chi connectivity index (χ4v) is 2.18. The summed E-state index contributed by atoms with van der Waals surface area (Å²) in [4.78, 5) is 57.5. The summed E-state index contributed by atoms with van der Waals surface area (Å²) in [6.07, 6.45) is -1.89. The lowest BCUT2D eigenvalue weighted by atomic mass is 10.0. The molecule has 0 rings (SSSR count). The van der Waals surface area contributed by atoms with Crippen LogP contribution in [0, 0.1) is 5.92 Å². The van der Waals surface area contributed by atoms with Crippen LogP contribution in [0.1, 0.15) is 33.6 Å². The molecule has 8 N–H and O–H groups in total. The number of rotatable bonds is 12. The second-order valence-electron chi connectivity index (χ2n) is 6.74. The quantitative estimate of drug-likeness (QED) is 0.181. The van der Waals surface area contributed by atoms with Crippen molar-refractivity contribution in [2.75, 3.05) is 6.54 Å². The van der Waals surface area contributed by atoms with Gasteiger partial charge in [-0.3, -0.25) is 19.2 Å². The molecule has 0 saturated carbocycles. The van der Waals surface area contributed by atoms with Crippen LogP contribution in [0.5, 0.6) is 0 Å². The summed E-state index contributed by atoms with van der Waals surface area (Å²) in [6, 6.07) is -4.10. The van der Waals surface area contributed by atoms with Gasteiger partial charge in [0.25, 0.3) is 0 Å². The fourth-order valence-electron chi connectivity index (χ4n) is 2.18. The summed E-state index contributed by atoms with van der Waals surface area (Å²) in [7, 11) is 0. The number of hydrogen-bond acceptors (Lipinski definition) is 7. The molecule has 0 aromatic carbocycles. The Morgan fingerprint density at radius 3 is 1.96 bits per heavy atom. The van der Waals surface area contributed by atoms with E-state index in [1.54, 1.807) is 0 Å². The Kier molecular flexibility index (Phi) is 10.7. The average Bonchev–Trinajstić information content (AvgIpc) is 2.55. The van der Waals surface area contributed by atoms with Gasteiger partial charge in [-0.05, 0) is 19.3 Å². The highest BCUT2D eigenvalue weighted by atomic mass is 16.4. The molecular formula is C16H28N4O8. The third-order valence-corrected chi connectivity index (χ3v) is 3.56. The molecule has 28 heavy (non-hydrogen) atoms. The van der Waals surface area contributed by atoms with Gasteiger partial charge in [0.15, 0.2) is 0 Å². The van der Waals surface area contributed by atoms with Crippen molar-refractivity contribution in [1.82, 2.24) is 16.0 Å². The first kappa shape index (κ1) is 25.3. The zero-order valence-corrected chi connectivity index (χ0v) is 16.0. The molecule has 0 radical (unpaired) electrons. The standard InChI is InChI=1S/C16H28N4O8/c1-7(2)4-9(17)14(25)18-6-11(22)20-13(8(3)21)15(26)19-10(16(27)28)5-12(23)24/h7-10,13,21H,4-6,17H2,1-3H3,(H,18,25)(H,19,26)(H,20,22)(H,23,24)(H,27,28). The molecular weight excluding hydrogens is 376 g/mol. The van der Waals surface area contributed by atoms with Gasteiger partial charge < -0.3 is 37.0 Å². The molecule has 0 heterocycles. The molecule has 3 amide bonds. The summed E-state index contributed by atoms with van der Waals surface area (Å²) in [6.45, 7) is 4.41. The largest absolute Gasteiger partial charge is 0.481 e. The van der Waals surface area contributed by atoms with Crippen molar-refractivity contribution in [2.24, 2.45) is 11.7 Å². The number of aliphatic carboxylic acids is 2. The Morgan fingerprint density at radius 1 is 0.964 bits per heavy atom. The van der Waals surface area contributed by atoms with Crippen molar-refractivity contribution >= 4 is 29.7 Å². The zero-order valence-electron chi connectivity index (χ0n) is 16.0. The Bertz CT molecular complexity index is 593. The zero-order chi connectivity index (χ0) is 22.0. The molecule has 0 fully saturated rings. The molecule has 0 aliphatic carbocycles. The predicted octanol–water partition coefficient (Wildman–Crippen LogP) is -2.61. The molecule has 0 aliphatic rings. The number of amides is 3. The average molecular weight is 404 g/mol. The Labute approximate surface area is 161 Å². The summed E-state index contributed by atoms with van der Waals surface area (Å²) in [5.41, 5.74) is 5.67. The lowest BCUT2D eigenvalue weighted by Crippen LogP contribution is -2.57. The van der Waals surface area contributed by atoms with Crippen molar-refractivity contribution in [3.8, 4) is 0 Å². The second-order valence-corrected chi connectivity index (χ2v) is 6.74. The van der Waals surface area contributed by atoms with Gasteiger partial charge in [-0.1, -0.05) is 13.8 Å². The van der Waals surface area contributed by atoms with Crippen molar-refractivity contribution < 1.29 is 39.3 Å². The van der Waals surface area contributed by atoms with E-state index in [2.05, 4.69) is 10.6 Å². The van der Waals surface area contributed by atoms with E-state index in [0.29, 0.717) is 6.42 Å². The fraction of sp³-hybridized carbons (Fsp3) is 0.688. The van der Waals surface area contributed by atoms with E-state index in [-0.39, 0.29) is 5.92 Å². The van der Waals surface area contributed by atoms with Gasteiger partial charge in [0, 0.05) is 0 Å². The number of hydrogen-bond donors (Lipinski definition) is 7. The van der Waals surface area contributed by atoms with Crippen molar-refractivity contribution in [3.63, 3.8) is 0 Å². The minimum absolute atomic E-state index is 0.172. The van der Waals surface area contributed by atoms with E-state index < -0.39 is 66.9 Å². The SMILES string of the molecule is CC(C)CC(N)C(=O)NCC(=O)NC(C(=O)NC(CC(=O)O)C(=O)O)C(C)O. The number of carbonyl (C=O) groups is 5. The molecule has 4 unspecified atom stereocenters. The summed E-state index contributed by atoms with van der Waals surface area (Å²) in [5, 5.41) is 33.7.